The van der Waals surface area contributed by atoms with E-state index in [2.05, 4.69) is 37.1 Å². The van der Waals surface area contributed by atoms with Gasteiger partial charge in [0.1, 0.15) is 0 Å². The number of fused-ring (bicyclic) bond motifs is 1. The van der Waals surface area contributed by atoms with E-state index < -0.39 is 0 Å². The fourth-order valence-electron chi connectivity index (χ4n) is 2.75. The van der Waals surface area contributed by atoms with E-state index in [9.17, 15) is 4.79 Å². The number of carbonyl (C=O) groups is 1. The quantitative estimate of drug-likeness (QED) is 0.924. The molecule has 1 aliphatic rings. The van der Waals surface area contributed by atoms with Gasteiger partial charge >= 0.3 is 6.03 Å². The van der Waals surface area contributed by atoms with Crippen LogP contribution in [-0.2, 0) is 0 Å². The number of thiazole rings is 1. The van der Waals surface area contributed by atoms with Gasteiger partial charge in [-0.05, 0) is 24.0 Å². The van der Waals surface area contributed by atoms with Crippen LogP contribution in [0.15, 0.2) is 24.3 Å². The monoisotopic (exact) mass is 346 g/mol. The summed E-state index contributed by atoms with van der Waals surface area (Å²) in [5, 5.41) is 4.10. The Morgan fingerprint density at radius 3 is 2.58 bits per heavy atom. The van der Waals surface area contributed by atoms with E-state index in [0.717, 1.165) is 49.8 Å². The summed E-state index contributed by atoms with van der Waals surface area (Å²) in [5.41, 5.74) is 1.30. The minimum atomic E-state index is 0.0585. The van der Waals surface area contributed by atoms with Crippen LogP contribution in [0.5, 0.6) is 0 Å². The molecule has 0 aliphatic carbocycles. The maximum atomic E-state index is 12.3. The number of benzene rings is 1. The first-order valence-electron chi connectivity index (χ1n) is 8.56. The van der Waals surface area contributed by atoms with Crippen LogP contribution in [0.25, 0.3) is 10.2 Å². The molecule has 5 nitrogen and oxygen atoms in total. The van der Waals surface area contributed by atoms with Crippen molar-refractivity contribution in [3.05, 3.63) is 24.3 Å². The molecule has 3 rings (SSSR count). The number of carbonyl (C=O) groups excluding carboxylic acids is 1. The van der Waals surface area contributed by atoms with E-state index in [1.54, 1.807) is 11.3 Å². The SMILES string of the molecule is CC(C)(C)CCNC(=O)N1CCN(c2nc3ccccc3s2)CC1. The highest BCUT2D eigenvalue weighted by molar-refractivity contribution is 7.22. The van der Waals surface area contributed by atoms with Gasteiger partial charge in [-0.15, -0.1) is 0 Å². The molecule has 1 saturated heterocycles. The third kappa shape index (κ3) is 4.17. The number of para-hydroxylation sites is 1. The minimum absolute atomic E-state index is 0.0585. The lowest BCUT2D eigenvalue weighted by Gasteiger charge is -2.34. The molecule has 0 radical (unpaired) electrons. The molecule has 1 aliphatic heterocycles. The van der Waals surface area contributed by atoms with Gasteiger partial charge in [-0.3, -0.25) is 0 Å². The summed E-state index contributed by atoms with van der Waals surface area (Å²) < 4.78 is 1.22. The number of rotatable bonds is 3. The first kappa shape index (κ1) is 17.0. The summed E-state index contributed by atoms with van der Waals surface area (Å²) >= 11 is 1.73. The van der Waals surface area contributed by atoms with Crippen molar-refractivity contribution in [1.82, 2.24) is 15.2 Å². The van der Waals surface area contributed by atoms with Gasteiger partial charge < -0.3 is 15.1 Å². The lowest BCUT2D eigenvalue weighted by atomic mass is 9.92. The van der Waals surface area contributed by atoms with E-state index in [-0.39, 0.29) is 11.4 Å². The van der Waals surface area contributed by atoms with Crippen molar-refractivity contribution in [3.8, 4) is 0 Å². The zero-order chi connectivity index (χ0) is 17.2. The van der Waals surface area contributed by atoms with Gasteiger partial charge in [-0.2, -0.15) is 0 Å². The van der Waals surface area contributed by atoms with E-state index in [1.807, 2.05) is 23.1 Å². The Morgan fingerprint density at radius 1 is 1.21 bits per heavy atom. The molecule has 1 fully saturated rings. The molecule has 24 heavy (non-hydrogen) atoms. The Hall–Kier alpha value is -1.82. The molecule has 2 amide bonds. The lowest BCUT2D eigenvalue weighted by molar-refractivity contribution is 0.192. The summed E-state index contributed by atoms with van der Waals surface area (Å²) in [6.45, 7) is 10.5. The molecule has 6 heteroatoms. The Kier molecular flexibility index (Phi) is 4.94. The summed E-state index contributed by atoms with van der Waals surface area (Å²) in [6, 6.07) is 8.28. The fourth-order valence-corrected chi connectivity index (χ4v) is 3.77. The number of urea groups is 1. The van der Waals surface area contributed by atoms with Crippen LogP contribution in [-0.4, -0.2) is 48.6 Å². The molecule has 130 valence electrons. The molecular weight excluding hydrogens is 320 g/mol. The van der Waals surface area contributed by atoms with Gasteiger partial charge in [0.05, 0.1) is 10.2 Å². The van der Waals surface area contributed by atoms with Gasteiger partial charge in [0.15, 0.2) is 5.13 Å². The number of piperazine rings is 1. The fraction of sp³-hybridized carbons (Fsp3) is 0.556. The van der Waals surface area contributed by atoms with Crippen molar-refractivity contribution < 1.29 is 4.79 Å². The largest absolute Gasteiger partial charge is 0.345 e. The first-order chi connectivity index (χ1) is 11.4. The van der Waals surface area contributed by atoms with Crippen molar-refractivity contribution in [2.75, 3.05) is 37.6 Å². The molecular formula is C18H26N4OS. The van der Waals surface area contributed by atoms with Crippen molar-refractivity contribution in [1.29, 1.82) is 0 Å². The van der Waals surface area contributed by atoms with E-state index in [0.29, 0.717) is 0 Å². The zero-order valence-electron chi connectivity index (χ0n) is 14.7. The van der Waals surface area contributed by atoms with Gasteiger partial charge in [0.2, 0.25) is 0 Å². The highest BCUT2D eigenvalue weighted by Crippen LogP contribution is 2.29. The molecule has 0 saturated carbocycles. The number of nitrogens with one attached hydrogen (secondary N) is 1. The van der Waals surface area contributed by atoms with Crippen LogP contribution in [0, 0.1) is 5.41 Å². The predicted octanol–water partition coefficient (Wildman–Crippen LogP) is 3.56. The van der Waals surface area contributed by atoms with E-state index >= 15 is 0 Å². The Bertz CT molecular complexity index is 665. The van der Waals surface area contributed by atoms with Crippen molar-refractivity contribution in [2.24, 2.45) is 5.41 Å². The second kappa shape index (κ2) is 6.97. The van der Waals surface area contributed by atoms with Crippen LogP contribution in [0.2, 0.25) is 0 Å². The molecule has 0 atom stereocenters. The van der Waals surface area contributed by atoms with E-state index in [1.165, 1.54) is 4.70 Å². The number of nitrogens with zero attached hydrogens (tertiary/aromatic N) is 3. The zero-order valence-corrected chi connectivity index (χ0v) is 15.5. The summed E-state index contributed by atoms with van der Waals surface area (Å²) in [5.74, 6) is 0. The van der Waals surface area contributed by atoms with E-state index in [4.69, 9.17) is 4.98 Å². The molecule has 1 aromatic carbocycles. The summed E-state index contributed by atoms with van der Waals surface area (Å²) in [4.78, 5) is 21.2. The average molecular weight is 347 g/mol. The molecule has 0 unspecified atom stereocenters. The summed E-state index contributed by atoms with van der Waals surface area (Å²) in [6.07, 6.45) is 0.990. The Labute approximate surface area is 147 Å². The number of anilines is 1. The first-order valence-corrected chi connectivity index (χ1v) is 9.37. The number of aromatic nitrogens is 1. The van der Waals surface area contributed by atoms with Crippen LogP contribution in [0.4, 0.5) is 9.93 Å². The highest BCUT2D eigenvalue weighted by atomic mass is 32.1. The number of hydrogen-bond donors (Lipinski definition) is 1. The van der Waals surface area contributed by atoms with Crippen LogP contribution in [0.3, 0.4) is 0 Å². The second-order valence-corrected chi connectivity index (χ2v) is 8.49. The third-order valence-electron chi connectivity index (χ3n) is 4.27. The van der Waals surface area contributed by atoms with Crippen molar-refractivity contribution in [3.63, 3.8) is 0 Å². The normalized spacial score (nSPS) is 15.8. The summed E-state index contributed by atoms with van der Waals surface area (Å²) in [7, 11) is 0. The van der Waals surface area contributed by atoms with Gasteiger partial charge in [-0.25, -0.2) is 9.78 Å². The maximum absolute atomic E-state index is 12.3. The second-order valence-electron chi connectivity index (χ2n) is 7.48. The molecule has 1 N–H and O–H groups in total. The molecule has 1 aromatic heterocycles. The molecule has 0 bridgehead atoms. The topological polar surface area (TPSA) is 48.5 Å². The molecule has 2 heterocycles. The number of hydrogen-bond acceptors (Lipinski definition) is 4. The lowest BCUT2D eigenvalue weighted by Crippen LogP contribution is -2.52. The average Bonchev–Trinajstić information content (AvgIpc) is 2.98. The van der Waals surface area contributed by atoms with Crippen LogP contribution in [0.1, 0.15) is 27.2 Å². The van der Waals surface area contributed by atoms with Crippen molar-refractivity contribution in [2.45, 2.75) is 27.2 Å². The van der Waals surface area contributed by atoms with Crippen LogP contribution >= 0.6 is 11.3 Å². The van der Waals surface area contributed by atoms with Gasteiger partial charge in [-0.1, -0.05) is 44.2 Å². The Balaban J connectivity index is 1.51. The predicted molar refractivity (Wildman–Crippen MR) is 101 cm³/mol. The standard InChI is InChI=1S/C18H26N4OS/c1-18(2,3)8-9-19-16(23)21-10-12-22(13-11-21)17-20-14-6-4-5-7-15(14)24-17/h4-7H,8-13H2,1-3H3,(H,19,23). The highest BCUT2D eigenvalue weighted by Gasteiger charge is 2.23. The van der Waals surface area contributed by atoms with Crippen LogP contribution < -0.4 is 10.2 Å². The van der Waals surface area contributed by atoms with Gasteiger partial charge in [0, 0.05) is 32.7 Å². The smallest absolute Gasteiger partial charge is 0.317 e. The molecule has 2 aromatic rings. The minimum Gasteiger partial charge on any atom is -0.345 e. The van der Waals surface area contributed by atoms with Crippen molar-refractivity contribution >= 4 is 32.7 Å². The third-order valence-corrected chi connectivity index (χ3v) is 5.37. The van der Waals surface area contributed by atoms with Gasteiger partial charge in [0.25, 0.3) is 0 Å². The number of amides is 2. The maximum Gasteiger partial charge on any atom is 0.317 e. The molecule has 0 spiro atoms. The Morgan fingerprint density at radius 2 is 1.92 bits per heavy atom.